The molecule has 1 aromatic heterocycles. The Morgan fingerprint density at radius 2 is 2.25 bits per heavy atom. The summed E-state index contributed by atoms with van der Waals surface area (Å²) in [5.74, 6) is -0.105. The second-order valence-corrected chi connectivity index (χ2v) is 6.31. The van der Waals surface area contributed by atoms with Crippen LogP contribution in [0.1, 0.15) is 33.7 Å². The monoisotopic (exact) mass is 327 g/mol. The topological polar surface area (TPSA) is 76.2 Å². The van der Waals surface area contributed by atoms with Crippen molar-refractivity contribution in [3.05, 3.63) is 46.8 Å². The summed E-state index contributed by atoms with van der Waals surface area (Å²) in [7, 11) is 1.91. The lowest BCUT2D eigenvalue weighted by molar-refractivity contribution is 0.0947. The Balaban J connectivity index is 1.83. The van der Waals surface area contributed by atoms with E-state index in [0.29, 0.717) is 25.3 Å². The summed E-state index contributed by atoms with van der Waals surface area (Å²) in [6, 6.07) is 8.47. The van der Waals surface area contributed by atoms with Crippen LogP contribution in [-0.4, -0.2) is 35.3 Å². The van der Waals surface area contributed by atoms with Gasteiger partial charge >= 0.3 is 0 Å². The quantitative estimate of drug-likeness (QED) is 0.813. The SMILES string of the molecule is Cc1cccc(N2CCc3c(c(C(=O)NCCCN)nn3C)C2)c1. The molecule has 1 amide bonds. The minimum Gasteiger partial charge on any atom is -0.367 e. The molecule has 2 heterocycles. The van der Waals surface area contributed by atoms with E-state index in [1.807, 2.05) is 11.7 Å². The summed E-state index contributed by atoms with van der Waals surface area (Å²) in [6.45, 7) is 4.90. The van der Waals surface area contributed by atoms with Crippen LogP contribution in [0.15, 0.2) is 24.3 Å². The molecule has 1 aliphatic heterocycles. The third-order valence-electron chi connectivity index (χ3n) is 4.49. The zero-order valence-corrected chi connectivity index (χ0v) is 14.4. The van der Waals surface area contributed by atoms with Gasteiger partial charge in [-0.3, -0.25) is 9.48 Å². The van der Waals surface area contributed by atoms with Crippen molar-refractivity contribution in [2.24, 2.45) is 12.8 Å². The first-order valence-corrected chi connectivity index (χ1v) is 8.44. The lowest BCUT2D eigenvalue weighted by Crippen LogP contribution is -2.33. The zero-order chi connectivity index (χ0) is 17.1. The number of nitrogens with two attached hydrogens (primary N) is 1. The fraction of sp³-hybridized carbons (Fsp3) is 0.444. The summed E-state index contributed by atoms with van der Waals surface area (Å²) >= 11 is 0. The number of nitrogens with one attached hydrogen (secondary N) is 1. The third-order valence-corrected chi connectivity index (χ3v) is 4.49. The average molecular weight is 327 g/mol. The molecule has 0 aliphatic carbocycles. The van der Waals surface area contributed by atoms with Gasteiger partial charge in [0, 0.05) is 50.0 Å². The number of hydrogen-bond donors (Lipinski definition) is 2. The Morgan fingerprint density at radius 3 is 3.00 bits per heavy atom. The fourth-order valence-electron chi connectivity index (χ4n) is 3.21. The van der Waals surface area contributed by atoms with Crippen molar-refractivity contribution in [2.45, 2.75) is 26.3 Å². The first-order valence-electron chi connectivity index (χ1n) is 8.44. The maximum atomic E-state index is 12.5. The van der Waals surface area contributed by atoms with Crippen LogP contribution in [0.4, 0.5) is 5.69 Å². The largest absolute Gasteiger partial charge is 0.367 e. The van der Waals surface area contributed by atoms with Crippen LogP contribution >= 0.6 is 0 Å². The number of benzene rings is 1. The molecule has 3 rings (SSSR count). The van der Waals surface area contributed by atoms with E-state index >= 15 is 0 Å². The molecule has 6 heteroatoms. The predicted octanol–water partition coefficient (Wildman–Crippen LogP) is 1.37. The van der Waals surface area contributed by atoms with Crippen molar-refractivity contribution >= 4 is 11.6 Å². The van der Waals surface area contributed by atoms with Gasteiger partial charge in [-0.2, -0.15) is 5.10 Å². The molecule has 0 saturated carbocycles. The maximum absolute atomic E-state index is 12.5. The molecule has 128 valence electrons. The van der Waals surface area contributed by atoms with Crippen molar-refractivity contribution in [1.82, 2.24) is 15.1 Å². The number of carbonyl (C=O) groups is 1. The van der Waals surface area contributed by atoms with Crippen LogP contribution in [0.25, 0.3) is 0 Å². The number of rotatable bonds is 5. The van der Waals surface area contributed by atoms with E-state index in [1.54, 1.807) is 0 Å². The van der Waals surface area contributed by atoms with Crippen LogP contribution in [-0.2, 0) is 20.0 Å². The molecule has 6 nitrogen and oxygen atoms in total. The first kappa shape index (κ1) is 16.5. The van der Waals surface area contributed by atoms with Gasteiger partial charge in [-0.25, -0.2) is 0 Å². The van der Waals surface area contributed by atoms with Gasteiger partial charge in [0.25, 0.3) is 5.91 Å². The van der Waals surface area contributed by atoms with Crippen LogP contribution in [0.2, 0.25) is 0 Å². The van der Waals surface area contributed by atoms with E-state index in [1.165, 1.54) is 11.3 Å². The van der Waals surface area contributed by atoms with Crippen molar-refractivity contribution in [2.75, 3.05) is 24.5 Å². The summed E-state index contributed by atoms with van der Waals surface area (Å²) in [4.78, 5) is 14.8. The standard InChI is InChI=1S/C18H25N5O/c1-13-5-3-6-14(11-13)23-10-7-16-15(12-23)17(21-22(16)2)18(24)20-9-4-8-19/h3,5-6,11H,4,7-10,12,19H2,1-2H3,(H,20,24). The van der Waals surface area contributed by atoms with Gasteiger partial charge in [0.05, 0.1) is 0 Å². The molecule has 0 atom stereocenters. The molecule has 1 aliphatic rings. The van der Waals surface area contributed by atoms with Crippen LogP contribution in [0, 0.1) is 6.92 Å². The molecule has 0 unspecified atom stereocenters. The molecular weight excluding hydrogens is 302 g/mol. The van der Waals surface area contributed by atoms with Crippen LogP contribution in [0.5, 0.6) is 0 Å². The van der Waals surface area contributed by atoms with E-state index in [-0.39, 0.29) is 5.91 Å². The minimum absolute atomic E-state index is 0.105. The highest BCUT2D eigenvalue weighted by molar-refractivity contribution is 5.94. The Kier molecular flexibility index (Phi) is 4.85. The van der Waals surface area contributed by atoms with Crippen LogP contribution in [0.3, 0.4) is 0 Å². The highest BCUT2D eigenvalue weighted by Gasteiger charge is 2.27. The van der Waals surface area contributed by atoms with E-state index < -0.39 is 0 Å². The van der Waals surface area contributed by atoms with E-state index in [2.05, 4.69) is 46.5 Å². The van der Waals surface area contributed by atoms with Gasteiger partial charge in [-0.05, 0) is 37.6 Å². The molecular formula is C18H25N5O. The number of anilines is 1. The molecule has 0 radical (unpaired) electrons. The Labute approximate surface area is 142 Å². The Hall–Kier alpha value is -2.34. The molecule has 1 aromatic carbocycles. The van der Waals surface area contributed by atoms with Crippen molar-refractivity contribution < 1.29 is 4.79 Å². The van der Waals surface area contributed by atoms with E-state index in [4.69, 9.17) is 5.73 Å². The second-order valence-electron chi connectivity index (χ2n) is 6.31. The average Bonchev–Trinajstić information content (AvgIpc) is 2.91. The number of aromatic nitrogens is 2. The number of nitrogens with zero attached hydrogens (tertiary/aromatic N) is 3. The summed E-state index contributed by atoms with van der Waals surface area (Å²) in [6.07, 6.45) is 1.67. The summed E-state index contributed by atoms with van der Waals surface area (Å²) < 4.78 is 1.85. The van der Waals surface area contributed by atoms with Crippen LogP contribution < -0.4 is 16.0 Å². The lowest BCUT2D eigenvalue weighted by atomic mass is 10.0. The molecule has 0 fully saturated rings. The molecule has 24 heavy (non-hydrogen) atoms. The minimum atomic E-state index is -0.105. The van der Waals surface area contributed by atoms with Gasteiger partial charge in [0.15, 0.2) is 5.69 Å². The van der Waals surface area contributed by atoms with E-state index in [9.17, 15) is 4.79 Å². The molecule has 0 bridgehead atoms. The second kappa shape index (κ2) is 7.05. The highest BCUT2D eigenvalue weighted by Crippen LogP contribution is 2.27. The Bertz CT molecular complexity index is 737. The smallest absolute Gasteiger partial charge is 0.272 e. The van der Waals surface area contributed by atoms with Crippen molar-refractivity contribution in [3.63, 3.8) is 0 Å². The number of amides is 1. The van der Waals surface area contributed by atoms with Gasteiger partial charge in [-0.15, -0.1) is 0 Å². The lowest BCUT2D eigenvalue weighted by Gasteiger charge is -2.29. The van der Waals surface area contributed by atoms with E-state index in [0.717, 1.165) is 30.6 Å². The predicted molar refractivity (Wildman–Crippen MR) is 95.1 cm³/mol. The zero-order valence-electron chi connectivity index (χ0n) is 14.4. The number of carbonyl (C=O) groups excluding carboxylic acids is 1. The summed E-state index contributed by atoms with van der Waals surface area (Å²) in [5, 5.41) is 7.38. The van der Waals surface area contributed by atoms with Gasteiger partial charge < -0.3 is 16.0 Å². The van der Waals surface area contributed by atoms with Crippen molar-refractivity contribution in [1.29, 1.82) is 0 Å². The number of hydrogen-bond acceptors (Lipinski definition) is 4. The normalized spacial score (nSPS) is 13.7. The number of aryl methyl sites for hydroxylation is 2. The third kappa shape index (κ3) is 3.28. The fourth-order valence-corrected chi connectivity index (χ4v) is 3.21. The maximum Gasteiger partial charge on any atom is 0.272 e. The summed E-state index contributed by atoms with van der Waals surface area (Å²) in [5.41, 5.74) is 10.7. The molecule has 0 saturated heterocycles. The molecule has 3 N–H and O–H groups in total. The molecule has 0 spiro atoms. The van der Waals surface area contributed by atoms with Crippen molar-refractivity contribution in [3.8, 4) is 0 Å². The molecule has 2 aromatic rings. The Morgan fingerprint density at radius 1 is 1.42 bits per heavy atom. The number of fused-ring (bicyclic) bond motifs is 1. The van der Waals surface area contributed by atoms with Gasteiger partial charge in [0.1, 0.15) is 0 Å². The first-order chi connectivity index (χ1) is 11.6. The highest BCUT2D eigenvalue weighted by atomic mass is 16.1. The van der Waals surface area contributed by atoms with Gasteiger partial charge in [0.2, 0.25) is 0 Å². The van der Waals surface area contributed by atoms with Gasteiger partial charge in [-0.1, -0.05) is 12.1 Å².